The van der Waals surface area contributed by atoms with Crippen LogP contribution in [0.1, 0.15) is 47.0 Å². The van der Waals surface area contributed by atoms with Crippen LogP contribution in [0, 0.1) is 27.7 Å². The molecule has 1 atom stereocenters. The Hall–Kier alpha value is -1.14. The van der Waals surface area contributed by atoms with E-state index >= 15 is 0 Å². The topological polar surface area (TPSA) is 52.7 Å². The van der Waals surface area contributed by atoms with Crippen molar-refractivity contribution in [1.82, 2.24) is 19.6 Å². The van der Waals surface area contributed by atoms with Crippen LogP contribution in [0.15, 0.2) is 4.47 Å². The lowest BCUT2D eigenvalue weighted by Gasteiger charge is -2.14. The molecule has 2 aromatic heterocycles. The number of carbonyl (C=O) groups excluding carboxylic acids is 1. The average Bonchev–Trinajstić information content (AvgIpc) is 2.84. The predicted molar refractivity (Wildman–Crippen MR) is 86.1 cm³/mol. The number of aromatic nitrogens is 4. The highest BCUT2D eigenvalue weighted by Gasteiger charge is 2.20. The van der Waals surface area contributed by atoms with Crippen LogP contribution < -0.4 is 0 Å². The molecule has 0 aliphatic rings. The molecule has 0 aliphatic heterocycles. The number of aryl methyl sites for hydroxylation is 2. The molecule has 0 saturated heterocycles. The minimum Gasteiger partial charge on any atom is -0.272 e. The molecule has 0 radical (unpaired) electrons. The van der Waals surface area contributed by atoms with Crippen molar-refractivity contribution in [3.8, 4) is 0 Å². The van der Waals surface area contributed by atoms with Gasteiger partial charge in [-0.25, -0.2) is 4.68 Å². The third-order valence-electron chi connectivity index (χ3n) is 3.56. The van der Waals surface area contributed by atoms with Gasteiger partial charge in [-0.05, 0) is 50.5 Å². The van der Waals surface area contributed by atoms with Gasteiger partial charge in [0, 0.05) is 0 Å². The minimum absolute atomic E-state index is 0.0508. The van der Waals surface area contributed by atoms with Gasteiger partial charge in [0.1, 0.15) is 0 Å². The molecular weight excluding hydrogens is 356 g/mol. The fourth-order valence-electron chi connectivity index (χ4n) is 2.36. The zero-order chi connectivity index (χ0) is 15.9. The molecule has 0 saturated carbocycles. The van der Waals surface area contributed by atoms with Crippen molar-refractivity contribution >= 4 is 33.4 Å². The number of rotatable bonds is 3. The van der Waals surface area contributed by atoms with Crippen molar-refractivity contribution in [2.24, 2.45) is 0 Å². The molecule has 0 N–H and O–H groups in total. The molecular formula is C14H18BrClN4O. The molecule has 1 unspecified atom stereocenters. The summed E-state index contributed by atoms with van der Waals surface area (Å²) in [5.74, 6) is -0.0846. The molecule has 7 heteroatoms. The Kier molecular flexibility index (Phi) is 4.58. The van der Waals surface area contributed by atoms with E-state index in [0.717, 1.165) is 15.9 Å². The Bertz CT molecular complexity index is 704. The van der Waals surface area contributed by atoms with Crippen molar-refractivity contribution in [3.63, 3.8) is 0 Å². The quantitative estimate of drug-likeness (QED) is 0.816. The molecule has 5 nitrogen and oxygen atoms in total. The van der Waals surface area contributed by atoms with Crippen molar-refractivity contribution in [3.05, 3.63) is 32.3 Å². The lowest BCUT2D eigenvalue weighted by atomic mass is 10.2. The first kappa shape index (κ1) is 16.2. The molecule has 2 heterocycles. The lowest BCUT2D eigenvalue weighted by Crippen LogP contribution is -2.20. The first-order valence-electron chi connectivity index (χ1n) is 6.70. The van der Waals surface area contributed by atoms with Gasteiger partial charge >= 0.3 is 0 Å². The van der Waals surface area contributed by atoms with Gasteiger partial charge in [-0.2, -0.15) is 10.2 Å². The second-order valence-corrected chi connectivity index (χ2v) is 6.44. The van der Waals surface area contributed by atoms with Crippen LogP contribution in [0.5, 0.6) is 0 Å². The summed E-state index contributed by atoms with van der Waals surface area (Å²) in [6.07, 6.45) is 0.312. The summed E-state index contributed by atoms with van der Waals surface area (Å²) in [7, 11) is 0. The van der Waals surface area contributed by atoms with Gasteiger partial charge in [0.15, 0.2) is 0 Å². The van der Waals surface area contributed by atoms with Gasteiger partial charge in [-0.1, -0.05) is 11.6 Å². The normalized spacial score (nSPS) is 12.7. The summed E-state index contributed by atoms with van der Waals surface area (Å²) in [5.41, 5.74) is 3.28. The van der Waals surface area contributed by atoms with E-state index in [1.165, 1.54) is 4.68 Å². The van der Waals surface area contributed by atoms with Crippen molar-refractivity contribution < 1.29 is 4.79 Å². The highest BCUT2D eigenvalue weighted by Crippen LogP contribution is 2.25. The number of hydrogen-bond acceptors (Lipinski definition) is 3. The maximum Gasteiger partial charge on any atom is 0.249 e. The second-order valence-electron chi connectivity index (χ2n) is 5.27. The SMILES string of the molecule is Cc1nn(C(=O)CC(C)n2nc(C)c(Br)c2C)c(C)c1Cl. The zero-order valence-corrected chi connectivity index (χ0v) is 15.1. The summed E-state index contributed by atoms with van der Waals surface area (Å²) in [4.78, 5) is 12.4. The Labute approximate surface area is 137 Å². The van der Waals surface area contributed by atoms with Crippen LogP contribution in [-0.2, 0) is 0 Å². The molecule has 2 rings (SSSR count). The van der Waals surface area contributed by atoms with Crippen LogP contribution in [0.2, 0.25) is 5.02 Å². The Morgan fingerprint density at radius 2 is 1.81 bits per heavy atom. The highest BCUT2D eigenvalue weighted by molar-refractivity contribution is 9.10. The number of halogens is 2. The van der Waals surface area contributed by atoms with Crippen molar-refractivity contribution in [1.29, 1.82) is 0 Å². The summed E-state index contributed by atoms with van der Waals surface area (Å²) in [5, 5.41) is 9.21. The van der Waals surface area contributed by atoms with Crippen LogP contribution >= 0.6 is 27.5 Å². The second kappa shape index (κ2) is 5.93. The molecule has 0 fully saturated rings. The molecule has 0 bridgehead atoms. The average molecular weight is 374 g/mol. The third kappa shape index (κ3) is 2.92. The number of hydrogen-bond donors (Lipinski definition) is 0. The number of carbonyl (C=O) groups is 1. The van der Waals surface area contributed by atoms with Gasteiger partial charge in [0.25, 0.3) is 0 Å². The van der Waals surface area contributed by atoms with E-state index < -0.39 is 0 Å². The van der Waals surface area contributed by atoms with Gasteiger partial charge in [0.2, 0.25) is 5.91 Å². The molecule has 0 aliphatic carbocycles. The van der Waals surface area contributed by atoms with E-state index in [0.29, 0.717) is 22.8 Å². The van der Waals surface area contributed by atoms with E-state index in [1.54, 1.807) is 13.8 Å². The maximum absolute atomic E-state index is 12.4. The first-order valence-corrected chi connectivity index (χ1v) is 7.87. The summed E-state index contributed by atoms with van der Waals surface area (Å²) in [6, 6.07) is -0.0508. The summed E-state index contributed by atoms with van der Waals surface area (Å²) in [6.45, 7) is 9.47. The lowest BCUT2D eigenvalue weighted by molar-refractivity contribution is 0.0863. The van der Waals surface area contributed by atoms with Crippen molar-refractivity contribution in [2.75, 3.05) is 0 Å². The molecule has 0 amide bonds. The Morgan fingerprint density at radius 3 is 2.24 bits per heavy atom. The molecule has 0 spiro atoms. The third-order valence-corrected chi connectivity index (χ3v) is 5.26. The highest BCUT2D eigenvalue weighted by atomic mass is 79.9. The van der Waals surface area contributed by atoms with E-state index in [4.69, 9.17) is 11.6 Å². The van der Waals surface area contributed by atoms with Gasteiger partial charge in [0.05, 0.1) is 44.7 Å². The zero-order valence-electron chi connectivity index (χ0n) is 12.7. The Balaban J connectivity index is 2.22. The monoisotopic (exact) mass is 372 g/mol. The van der Waals surface area contributed by atoms with E-state index in [-0.39, 0.29) is 11.9 Å². The van der Waals surface area contributed by atoms with Crippen LogP contribution in [-0.4, -0.2) is 25.5 Å². The molecule has 0 aromatic carbocycles. The van der Waals surface area contributed by atoms with Gasteiger partial charge in [-0.3, -0.25) is 9.48 Å². The Morgan fingerprint density at radius 1 is 1.19 bits per heavy atom. The van der Waals surface area contributed by atoms with E-state index in [9.17, 15) is 4.79 Å². The standard InChI is InChI=1S/C14H18BrClN4O/c1-7(19-10(4)13(15)8(2)17-19)6-12(21)20-11(5)14(16)9(3)18-20/h7H,6H2,1-5H3. The molecule has 114 valence electrons. The number of nitrogens with zero attached hydrogens (tertiary/aromatic N) is 4. The largest absolute Gasteiger partial charge is 0.272 e. The van der Waals surface area contributed by atoms with Crippen molar-refractivity contribution in [2.45, 2.75) is 47.1 Å². The van der Waals surface area contributed by atoms with Crippen LogP contribution in [0.4, 0.5) is 0 Å². The molecule has 2 aromatic rings. The van der Waals surface area contributed by atoms with Gasteiger partial charge < -0.3 is 0 Å². The smallest absolute Gasteiger partial charge is 0.249 e. The molecule has 21 heavy (non-hydrogen) atoms. The maximum atomic E-state index is 12.4. The van der Waals surface area contributed by atoms with E-state index in [2.05, 4.69) is 26.1 Å². The van der Waals surface area contributed by atoms with Crippen LogP contribution in [0.25, 0.3) is 0 Å². The fraction of sp³-hybridized carbons (Fsp3) is 0.500. The summed E-state index contributed by atoms with van der Waals surface area (Å²) >= 11 is 9.59. The summed E-state index contributed by atoms with van der Waals surface area (Å²) < 4.78 is 4.23. The van der Waals surface area contributed by atoms with E-state index in [1.807, 2.05) is 25.5 Å². The fourth-order valence-corrected chi connectivity index (χ4v) is 2.74. The predicted octanol–water partition coefficient (Wildman–Crippen LogP) is 4.02. The van der Waals surface area contributed by atoms with Gasteiger partial charge in [-0.15, -0.1) is 0 Å². The first-order chi connectivity index (χ1) is 9.73. The van der Waals surface area contributed by atoms with Crippen LogP contribution in [0.3, 0.4) is 0 Å². The minimum atomic E-state index is -0.0846.